The highest BCUT2D eigenvalue weighted by atomic mass is 32.2. The van der Waals surface area contributed by atoms with Crippen molar-refractivity contribution in [3.63, 3.8) is 0 Å². The molecule has 29 heavy (non-hydrogen) atoms. The number of hydrogen-bond acceptors (Lipinski definition) is 5. The van der Waals surface area contributed by atoms with Crippen LogP contribution in [0, 0.1) is 5.82 Å². The summed E-state index contributed by atoms with van der Waals surface area (Å²) in [6.45, 7) is 2.34. The molecule has 1 N–H and O–H groups in total. The highest BCUT2D eigenvalue weighted by Gasteiger charge is 2.35. The van der Waals surface area contributed by atoms with E-state index in [1.165, 1.54) is 12.3 Å². The maximum atomic E-state index is 14.5. The molecule has 0 aromatic heterocycles. The molecule has 1 saturated heterocycles. The predicted molar refractivity (Wildman–Crippen MR) is 109 cm³/mol. The minimum atomic E-state index is -3.30. The van der Waals surface area contributed by atoms with Crippen molar-refractivity contribution in [1.82, 2.24) is 9.62 Å². The fourth-order valence-electron chi connectivity index (χ4n) is 5.08. The van der Waals surface area contributed by atoms with Crippen LogP contribution in [0.5, 0.6) is 5.75 Å². The van der Waals surface area contributed by atoms with Crippen LogP contribution < -0.4 is 9.46 Å². The van der Waals surface area contributed by atoms with Crippen molar-refractivity contribution < 1.29 is 22.3 Å². The molecule has 2 fully saturated rings. The molecule has 6 nitrogen and oxygen atoms in total. The Bertz CT molecular complexity index is 811. The fraction of sp³-hybridized carbons (Fsp3) is 0.714. The second kappa shape index (κ2) is 8.88. The molecule has 0 spiro atoms. The Morgan fingerprint density at radius 1 is 1.14 bits per heavy atom. The van der Waals surface area contributed by atoms with Gasteiger partial charge >= 0.3 is 0 Å². The number of nitrogens with zero attached hydrogens (tertiary/aromatic N) is 1. The van der Waals surface area contributed by atoms with Crippen LogP contribution in [0.3, 0.4) is 0 Å². The van der Waals surface area contributed by atoms with E-state index in [1.54, 1.807) is 6.07 Å². The first-order valence-corrected chi connectivity index (χ1v) is 12.5. The second-order valence-electron chi connectivity index (χ2n) is 8.56. The zero-order valence-corrected chi connectivity index (χ0v) is 17.8. The number of piperidine rings is 1. The van der Waals surface area contributed by atoms with Gasteiger partial charge in [-0.3, -0.25) is 4.90 Å². The monoisotopic (exact) mass is 426 g/mol. The van der Waals surface area contributed by atoms with Gasteiger partial charge in [-0.15, -0.1) is 0 Å². The third-order valence-corrected chi connectivity index (χ3v) is 7.23. The first-order valence-electron chi connectivity index (χ1n) is 10.6. The zero-order valence-electron chi connectivity index (χ0n) is 17.0. The van der Waals surface area contributed by atoms with Crippen LogP contribution in [0.15, 0.2) is 18.2 Å². The number of sulfonamides is 1. The van der Waals surface area contributed by atoms with Crippen molar-refractivity contribution >= 4 is 10.0 Å². The SMILES string of the molecule is CS(=O)(=O)NC1CCCN2CCOc3c(F)cccc3C3CCC(CC3)OCC12. The van der Waals surface area contributed by atoms with Gasteiger partial charge in [-0.05, 0) is 57.1 Å². The molecule has 4 aliphatic rings. The summed E-state index contributed by atoms with van der Waals surface area (Å²) in [6.07, 6.45) is 6.83. The molecule has 162 valence electrons. The van der Waals surface area contributed by atoms with Crippen LogP contribution >= 0.6 is 0 Å². The molecular formula is C21H31FN2O4S. The largest absolute Gasteiger partial charge is 0.489 e. The Morgan fingerprint density at radius 2 is 1.93 bits per heavy atom. The van der Waals surface area contributed by atoms with E-state index in [9.17, 15) is 12.8 Å². The molecule has 1 aromatic carbocycles. The lowest BCUT2D eigenvalue weighted by Gasteiger charge is -2.41. The van der Waals surface area contributed by atoms with Gasteiger partial charge in [0, 0.05) is 24.2 Å². The molecule has 1 aromatic rings. The van der Waals surface area contributed by atoms with Crippen LogP contribution in [-0.4, -0.2) is 64.1 Å². The van der Waals surface area contributed by atoms with Crippen molar-refractivity contribution in [2.45, 2.75) is 62.6 Å². The minimum absolute atomic E-state index is 0.0411. The number of hydrogen-bond donors (Lipinski definition) is 1. The Hall–Kier alpha value is -1.22. The number of benzene rings is 1. The molecule has 2 bridgehead atoms. The predicted octanol–water partition coefficient (Wildman–Crippen LogP) is 2.64. The lowest BCUT2D eigenvalue weighted by atomic mass is 9.82. The Kier molecular flexibility index (Phi) is 6.44. The summed E-state index contributed by atoms with van der Waals surface area (Å²) in [5.41, 5.74) is 0.967. The number of fused-ring (bicyclic) bond motifs is 5. The zero-order chi connectivity index (χ0) is 20.4. The summed E-state index contributed by atoms with van der Waals surface area (Å²) in [5, 5.41) is 0. The van der Waals surface area contributed by atoms with Crippen LogP contribution in [0.25, 0.3) is 0 Å². The highest BCUT2D eigenvalue weighted by Crippen LogP contribution is 2.39. The van der Waals surface area contributed by atoms with E-state index in [-0.39, 0.29) is 24.0 Å². The average molecular weight is 427 g/mol. The van der Waals surface area contributed by atoms with Gasteiger partial charge in [-0.25, -0.2) is 17.5 Å². The second-order valence-corrected chi connectivity index (χ2v) is 10.3. The number of nitrogens with one attached hydrogen (secondary N) is 1. The number of ether oxygens (including phenoxy) is 2. The summed E-state index contributed by atoms with van der Waals surface area (Å²) in [5.74, 6) is 0.376. The summed E-state index contributed by atoms with van der Waals surface area (Å²) >= 11 is 0. The van der Waals surface area contributed by atoms with Gasteiger partial charge in [-0.2, -0.15) is 0 Å². The first kappa shape index (κ1) is 21.0. The van der Waals surface area contributed by atoms with E-state index < -0.39 is 10.0 Å². The van der Waals surface area contributed by atoms with E-state index in [2.05, 4.69) is 9.62 Å². The van der Waals surface area contributed by atoms with Crippen molar-refractivity contribution in [1.29, 1.82) is 0 Å². The molecule has 5 rings (SSSR count). The molecule has 2 unspecified atom stereocenters. The topological polar surface area (TPSA) is 67.9 Å². The van der Waals surface area contributed by atoms with Gasteiger partial charge in [0.15, 0.2) is 11.6 Å². The molecule has 1 aliphatic carbocycles. The van der Waals surface area contributed by atoms with Gasteiger partial charge < -0.3 is 9.47 Å². The third kappa shape index (κ3) is 5.10. The quantitative estimate of drug-likeness (QED) is 0.788. The van der Waals surface area contributed by atoms with Gasteiger partial charge in [-0.1, -0.05) is 12.1 Å². The van der Waals surface area contributed by atoms with Crippen LogP contribution in [0.2, 0.25) is 0 Å². The molecule has 3 heterocycles. The van der Waals surface area contributed by atoms with Crippen LogP contribution in [0.1, 0.15) is 50.0 Å². The lowest BCUT2D eigenvalue weighted by Crippen LogP contribution is -2.58. The third-order valence-electron chi connectivity index (χ3n) is 6.50. The normalized spacial score (nSPS) is 31.5. The van der Waals surface area contributed by atoms with Gasteiger partial charge in [0.25, 0.3) is 0 Å². The van der Waals surface area contributed by atoms with Crippen molar-refractivity contribution in [3.8, 4) is 5.75 Å². The fourth-order valence-corrected chi connectivity index (χ4v) is 5.90. The molecule has 0 radical (unpaired) electrons. The summed E-state index contributed by atoms with van der Waals surface area (Å²) in [7, 11) is -3.30. The summed E-state index contributed by atoms with van der Waals surface area (Å²) in [6, 6.07) is 4.99. The van der Waals surface area contributed by atoms with Crippen molar-refractivity contribution in [3.05, 3.63) is 29.6 Å². The molecule has 8 heteroatoms. The minimum Gasteiger partial charge on any atom is -0.489 e. The van der Waals surface area contributed by atoms with Gasteiger partial charge in [0.1, 0.15) is 6.61 Å². The summed E-state index contributed by atoms with van der Waals surface area (Å²) < 4.78 is 53.3. The number of para-hydroxylation sites is 1. The Morgan fingerprint density at radius 3 is 2.69 bits per heavy atom. The molecule has 0 amide bonds. The highest BCUT2D eigenvalue weighted by molar-refractivity contribution is 7.88. The molecule has 1 saturated carbocycles. The lowest BCUT2D eigenvalue weighted by molar-refractivity contribution is -0.0284. The van der Waals surface area contributed by atoms with Gasteiger partial charge in [0.2, 0.25) is 10.0 Å². The van der Waals surface area contributed by atoms with Crippen LogP contribution in [-0.2, 0) is 14.8 Å². The summed E-state index contributed by atoms with van der Waals surface area (Å²) in [4.78, 5) is 2.23. The smallest absolute Gasteiger partial charge is 0.209 e. The Balaban J connectivity index is 1.58. The van der Waals surface area contributed by atoms with Crippen molar-refractivity contribution in [2.75, 3.05) is 32.6 Å². The first-order chi connectivity index (χ1) is 13.9. The number of rotatable bonds is 2. The number of halogens is 1. The van der Waals surface area contributed by atoms with E-state index in [4.69, 9.17) is 9.47 Å². The van der Waals surface area contributed by atoms with E-state index >= 15 is 0 Å². The van der Waals surface area contributed by atoms with Crippen molar-refractivity contribution in [2.24, 2.45) is 0 Å². The Labute approximate surface area is 172 Å². The van der Waals surface area contributed by atoms with E-state index in [1.807, 2.05) is 6.07 Å². The van der Waals surface area contributed by atoms with E-state index in [0.717, 1.165) is 50.6 Å². The maximum absolute atomic E-state index is 14.5. The standard InChI is InChI=1S/C21H31FN2O4S/c1-29(25,26)23-19-6-3-11-24-12-13-27-21-17(4-2-5-18(21)22)15-7-9-16(10-8-15)28-14-20(19)24/h2,4-5,15-16,19-20,23H,3,6-14H2,1H3. The molecular weight excluding hydrogens is 395 g/mol. The van der Waals surface area contributed by atoms with E-state index in [0.29, 0.717) is 31.4 Å². The van der Waals surface area contributed by atoms with Gasteiger partial charge in [0.05, 0.1) is 19.0 Å². The maximum Gasteiger partial charge on any atom is 0.209 e. The molecule has 3 aliphatic heterocycles. The average Bonchev–Trinajstić information content (AvgIpc) is 2.69. The molecule has 2 atom stereocenters. The van der Waals surface area contributed by atoms with Crippen LogP contribution in [0.4, 0.5) is 4.39 Å².